The first-order valence-electron chi connectivity index (χ1n) is 9.36. The highest BCUT2D eigenvalue weighted by Gasteiger charge is 2.26. The van der Waals surface area contributed by atoms with Gasteiger partial charge in [-0.3, -0.25) is 9.69 Å². The molecule has 2 aromatic carbocycles. The highest BCUT2D eigenvalue weighted by molar-refractivity contribution is 5.93. The summed E-state index contributed by atoms with van der Waals surface area (Å²) in [6.45, 7) is 3.80. The predicted molar refractivity (Wildman–Crippen MR) is 103 cm³/mol. The number of piperidine rings is 1. The van der Waals surface area contributed by atoms with E-state index in [1.54, 1.807) is 18.2 Å². The van der Waals surface area contributed by atoms with Crippen LogP contribution < -0.4 is 10.6 Å². The molecule has 0 bridgehead atoms. The summed E-state index contributed by atoms with van der Waals surface area (Å²) >= 11 is 0. The second-order valence-corrected chi connectivity index (χ2v) is 7.18. The molecule has 136 valence electrons. The lowest BCUT2D eigenvalue weighted by atomic mass is 9.95. The zero-order valence-electron chi connectivity index (χ0n) is 14.9. The summed E-state index contributed by atoms with van der Waals surface area (Å²) in [5.41, 5.74) is 4.58. The van der Waals surface area contributed by atoms with Crippen LogP contribution in [0.15, 0.2) is 42.5 Å². The summed E-state index contributed by atoms with van der Waals surface area (Å²) in [5, 5.41) is 16.2. The molecule has 0 atom stereocenters. The summed E-state index contributed by atoms with van der Waals surface area (Å²) in [4.78, 5) is 14.9. The number of aromatic hydroxyl groups is 1. The number of likely N-dealkylation sites (tertiary alicyclic amines) is 1. The number of anilines is 2. The van der Waals surface area contributed by atoms with E-state index in [-0.39, 0.29) is 17.6 Å². The van der Waals surface area contributed by atoms with E-state index >= 15 is 0 Å². The molecule has 2 aliphatic rings. The van der Waals surface area contributed by atoms with Crippen molar-refractivity contribution >= 4 is 17.3 Å². The van der Waals surface area contributed by atoms with Crippen molar-refractivity contribution in [3.05, 3.63) is 53.6 Å². The second kappa shape index (κ2) is 7.38. The van der Waals surface area contributed by atoms with Gasteiger partial charge in [-0.25, -0.2) is 0 Å². The number of carbonyl (C=O) groups excluding carboxylic acids is 1. The van der Waals surface area contributed by atoms with Crippen molar-refractivity contribution in [2.45, 2.75) is 25.8 Å². The molecular formula is C21H25N3O2. The lowest BCUT2D eigenvalue weighted by Gasteiger charge is -2.31. The highest BCUT2D eigenvalue weighted by Crippen LogP contribution is 2.29. The van der Waals surface area contributed by atoms with Crippen LogP contribution in [0.5, 0.6) is 5.75 Å². The average Bonchev–Trinajstić information content (AvgIpc) is 3.14. The number of nitrogens with one attached hydrogen (secondary N) is 2. The number of fused-ring (bicyclic) bond motifs is 1. The second-order valence-electron chi connectivity index (χ2n) is 7.18. The van der Waals surface area contributed by atoms with E-state index < -0.39 is 0 Å². The van der Waals surface area contributed by atoms with E-state index in [0.29, 0.717) is 5.69 Å². The van der Waals surface area contributed by atoms with E-state index in [4.69, 9.17) is 0 Å². The molecule has 2 aromatic rings. The molecule has 0 saturated carbocycles. The van der Waals surface area contributed by atoms with Crippen LogP contribution in [0.2, 0.25) is 0 Å². The summed E-state index contributed by atoms with van der Waals surface area (Å²) in [6, 6.07) is 13.4. The monoisotopic (exact) mass is 351 g/mol. The highest BCUT2D eigenvalue weighted by atomic mass is 16.3. The van der Waals surface area contributed by atoms with Gasteiger partial charge >= 0.3 is 0 Å². The van der Waals surface area contributed by atoms with Crippen LogP contribution in [0, 0.1) is 5.92 Å². The largest absolute Gasteiger partial charge is 0.506 e. The van der Waals surface area contributed by atoms with Gasteiger partial charge in [0.2, 0.25) is 5.91 Å². The third kappa shape index (κ3) is 3.53. The summed E-state index contributed by atoms with van der Waals surface area (Å²) in [6.07, 6.45) is 2.81. The number of carbonyl (C=O) groups is 1. The molecule has 5 nitrogen and oxygen atoms in total. The topological polar surface area (TPSA) is 64.6 Å². The van der Waals surface area contributed by atoms with Crippen molar-refractivity contribution in [3.63, 3.8) is 0 Å². The van der Waals surface area contributed by atoms with Crippen LogP contribution in [0.1, 0.15) is 24.0 Å². The number of benzene rings is 2. The fourth-order valence-corrected chi connectivity index (χ4v) is 3.95. The number of phenols is 1. The van der Waals surface area contributed by atoms with Crippen molar-refractivity contribution in [1.29, 1.82) is 0 Å². The number of amides is 1. The fraction of sp³-hybridized carbons (Fsp3) is 0.381. The van der Waals surface area contributed by atoms with E-state index in [1.807, 2.05) is 6.07 Å². The number of phenolic OH excluding ortho intramolecular Hbond substituents is 1. The van der Waals surface area contributed by atoms with Gasteiger partial charge < -0.3 is 15.7 Å². The molecule has 26 heavy (non-hydrogen) atoms. The number of hydrogen-bond acceptors (Lipinski definition) is 4. The van der Waals surface area contributed by atoms with Crippen LogP contribution >= 0.6 is 0 Å². The van der Waals surface area contributed by atoms with Crippen LogP contribution in [-0.2, 0) is 17.8 Å². The molecule has 1 amide bonds. The van der Waals surface area contributed by atoms with Gasteiger partial charge in [0.05, 0.1) is 5.69 Å². The lowest BCUT2D eigenvalue weighted by Crippen LogP contribution is -2.37. The Labute approximate surface area is 154 Å². The fourth-order valence-electron chi connectivity index (χ4n) is 3.95. The standard InChI is InChI=1S/C21H25N3O2/c25-19-7-2-1-6-18(19)23-21(26)16-9-12-24(13-10-16)14-17-5-3-4-15-8-11-22-20(15)17/h1-7,16,22,25H,8-14H2,(H,23,26). The first kappa shape index (κ1) is 16.9. The molecule has 0 unspecified atom stereocenters. The number of hydrogen-bond donors (Lipinski definition) is 3. The summed E-state index contributed by atoms with van der Waals surface area (Å²) in [7, 11) is 0. The van der Waals surface area contributed by atoms with Gasteiger partial charge in [0.25, 0.3) is 0 Å². The van der Waals surface area contributed by atoms with Crippen molar-refractivity contribution in [2.75, 3.05) is 30.3 Å². The van der Waals surface area contributed by atoms with Crippen LogP contribution in [0.4, 0.5) is 11.4 Å². The third-order valence-electron chi connectivity index (χ3n) is 5.45. The molecule has 0 aliphatic carbocycles. The molecule has 2 heterocycles. The van der Waals surface area contributed by atoms with Gasteiger partial charge in [0.1, 0.15) is 5.75 Å². The maximum absolute atomic E-state index is 12.5. The predicted octanol–water partition coefficient (Wildman–Crippen LogP) is 3.21. The zero-order chi connectivity index (χ0) is 17.9. The minimum absolute atomic E-state index is 0.00506. The van der Waals surface area contributed by atoms with Gasteiger partial charge in [-0.05, 0) is 55.6 Å². The van der Waals surface area contributed by atoms with E-state index in [9.17, 15) is 9.90 Å². The van der Waals surface area contributed by atoms with Crippen molar-refractivity contribution in [1.82, 2.24) is 4.90 Å². The molecule has 3 N–H and O–H groups in total. The molecule has 4 rings (SSSR count). The number of para-hydroxylation sites is 3. The maximum atomic E-state index is 12.5. The van der Waals surface area contributed by atoms with Gasteiger partial charge in [0, 0.05) is 24.7 Å². The van der Waals surface area contributed by atoms with Gasteiger partial charge in [0.15, 0.2) is 0 Å². The minimum Gasteiger partial charge on any atom is -0.506 e. The Balaban J connectivity index is 1.32. The smallest absolute Gasteiger partial charge is 0.227 e. The van der Waals surface area contributed by atoms with Crippen LogP contribution in [-0.4, -0.2) is 35.5 Å². The average molecular weight is 351 g/mol. The lowest BCUT2D eigenvalue weighted by molar-refractivity contribution is -0.121. The Morgan fingerprint density at radius 2 is 1.96 bits per heavy atom. The zero-order valence-corrected chi connectivity index (χ0v) is 14.9. The Bertz CT molecular complexity index is 798. The first-order valence-corrected chi connectivity index (χ1v) is 9.36. The molecule has 2 aliphatic heterocycles. The SMILES string of the molecule is O=C(Nc1ccccc1O)C1CCN(Cc2cccc3c2NCC3)CC1. The summed E-state index contributed by atoms with van der Waals surface area (Å²) in [5.74, 6) is 0.127. The maximum Gasteiger partial charge on any atom is 0.227 e. The van der Waals surface area contributed by atoms with Gasteiger partial charge in [-0.15, -0.1) is 0 Å². The molecule has 1 fully saturated rings. The molecule has 5 heteroatoms. The molecule has 1 saturated heterocycles. The van der Waals surface area contributed by atoms with Crippen LogP contribution in [0.25, 0.3) is 0 Å². The Kier molecular flexibility index (Phi) is 4.80. The normalized spacial score (nSPS) is 17.5. The van der Waals surface area contributed by atoms with E-state index in [2.05, 4.69) is 33.7 Å². The molecular weight excluding hydrogens is 326 g/mol. The minimum atomic E-state index is 0.00506. The molecule has 0 radical (unpaired) electrons. The quantitative estimate of drug-likeness (QED) is 0.740. The van der Waals surface area contributed by atoms with Crippen LogP contribution in [0.3, 0.4) is 0 Å². The Morgan fingerprint density at radius 1 is 1.15 bits per heavy atom. The van der Waals surface area contributed by atoms with Crippen molar-refractivity contribution in [3.8, 4) is 5.75 Å². The van der Waals surface area contributed by atoms with Gasteiger partial charge in [-0.1, -0.05) is 30.3 Å². The van der Waals surface area contributed by atoms with Crippen molar-refractivity contribution in [2.24, 2.45) is 5.92 Å². The number of nitrogens with zero attached hydrogens (tertiary/aromatic N) is 1. The Morgan fingerprint density at radius 3 is 2.77 bits per heavy atom. The molecule has 0 aromatic heterocycles. The number of rotatable bonds is 4. The molecule has 0 spiro atoms. The Hall–Kier alpha value is -2.53. The first-order chi connectivity index (χ1) is 12.7. The summed E-state index contributed by atoms with van der Waals surface area (Å²) < 4.78 is 0. The van der Waals surface area contributed by atoms with Crippen molar-refractivity contribution < 1.29 is 9.90 Å². The third-order valence-corrected chi connectivity index (χ3v) is 5.45. The van der Waals surface area contributed by atoms with E-state index in [0.717, 1.165) is 45.4 Å². The van der Waals surface area contributed by atoms with E-state index in [1.165, 1.54) is 16.8 Å². The van der Waals surface area contributed by atoms with Gasteiger partial charge in [-0.2, -0.15) is 0 Å².